The molecule has 0 spiro atoms. The highest BCUT2D eigenvalue weighted by Crippen LogP contribution is 2.27. The van der Waals surface area contributed by atoms with E-state index in [4.69, 9.17) is 4.74 Å². The lowest BCUT2D eigenvalue weighted by atomic mass is 10.1. The zero-order valence-corrected chi connectivity index (χ0v) is 12.5. The van der Waals surface area contributed by atoms with Crippen LogP contribution in [0.2, 0.25) is 0 Å². The van der Waals surface area contributed by atoms with Gasteiger partial charge in [0.25, 0.3) is 0 Å². The lowest BCUT2D eigenvalue weighted by Crippen LogP contribution is -2.28. The molecule has 1 aliphatic rings. The van der Waals surface area contributed by atoms with E-state index in [1.54, 1.807) is 7.11 Å². The molecular formula is C15H23NO2S. The fraction of sp³-hybridized carbons (Fsp3) is 0.600. The summed E-state index contributed by atoms with van der Waals surface area (Å²) in [4.78, 5) is 0. The molecule has 1 fully saturated rings. The van der Waals surface area contributed by atoms with Gasteiger partial charge in [0, 0.05) is 23.9 Å². The van der Waals surface area contributed by atoms with Crippen LogP contribution in [0.4, 0.5) is 0 Å². The first-order valence-electron chi connectivity index (χ1n) is 6.85. The third kappa shape index (κ3) is 4.13. The quantitative estimate of drug-likeness (QED) is 0.841. The number of methoxy groups -OCH3 is 1. The van der Waals surface area contributed by atoms with Crippen LogP contribution in [0.25, 0.3) is 0 Å². The Bertz CT molecular complexity index is 405. The SMILES string of the molecule is COc1ccc(C)cc1C(O)CNCC1CCCS1. The number of ether oxygens (including phenoxy) is 1. The molecule has 4 heteroatoms. The summed E-state index contributed by atoms with van der Waals surface area (Å²) >= 11 is 2.03. The summed E-state index contributed by atoms with van der Waals surface area (Å²) < 4.78 is 5.31. The minimum absolute atomic E-state index is 0.513. The van der Waals surface area contributed by atoms with E-state index in [1.807, 2.05) is 36.9 Å². The summed E-state index contributed by atoms with van der Waals surface area (Å²) in [6.45, 7) is 3.59. The van der Waals surface area contributed by atoms with Crippen LogP contribution in [0.15, 0.2) is 18.2 Å². The van der Waals surface area contributed by atoms with Crippen molar-refractivity contribution in [2.24, 2.45) is 0 Å². The number of nitrogens with one attached hydrogen (secondary N) is 1. The molecule has 2 unspecified atom stereocenters. The molecule has 2 rings (SSSR count). The maximum Gasteiger partial charge on any atom is 0.124 e. The Morgan fingerprint density at radius 3 is 3.05 bits per heavy atom. The monoisotopic (exact) mass is 281 g/mol. The van der Waals surface area contributed by atoms with Crippen LogP contribution in [-0.4, -0.2) is 36.3 Å². The van der Waals surface area contributed by atoms with Gasteiger partial charge in [-0.1, -0.05) is 11.6 Å². The molecule has 2 N–H and O–H groups in total. The largest absolute Gasteiger partial charge is 0.496 e. The number of hydrogen-bond donors (Lipinski definition) is 2. The molecule has 0 aromatic heterocycles. The van der Waals surface area contributed by atoms with Gasteiger partial charge < -0.3 is 15.2 Å². The molecule has 0 aliphatic carbocycles. The molecule has 2 atom stereocenters. The molecule has 0 saturated carbocycles. The van der Waals surface area contributed by atoms with Gasteiger partial charge in [-0.3, -0.25) is 0 Å². The Kier molecular flexibility index (Phi) is 5.55. The van der Waals surface area contributed by atoms with E-state index in [2.05, 4.69) is 5.32 Å². The maximum absolute atomic E-state index is 10.3. The van der Waals surface area contributed by atoms with Gasteiger partial charge in [0.1, 0.15) is 5.75 Å². The number of benzene rings is 1. The Hall–Kier alpha value is -0.710. The molecule has 0 bridgehead atoms. The zero-order valence-electron chi connectivity index (χ0n) is 11.7. The molecule has 1 aromatic carbocycles. The fourth-order valence-corrected chi connectivity index (χ4v) is 3.65. The second-order valence-corrected chi connectivity index (χ2v) is 6.46. The van der Waals surface area contributed by atoms with Gasteiger partial charge in [0.05, 0.1) is 13.2 Å². The van der Waals surface area contributed by atoms with E-state index in [1.165, 1.54) is 18.6 Å². The highest BCUT2D eigenvalue weighted by molar-refractivity contribution is 8.00. The number of hydrogen-bond acceptors (Lipinski definition) is 4. The fourth-order valence-electron chi connectivity index (χ4n) is 2.41. The first-order chi connectivity index (χ1) is 9.20. The van der Waals surface area contributed by atoms with Gasteiger partial charge in [0.2, 0.25) is 0 Å². The number of thioether (sulfide) groups is 1. The van der Waals surface area contributed by atoms with Crippen molar-refractivity contribution >= 4 is 11.8 Å². The predicted molar refractivity (Wildman–Crippen MR) is 81.0 cm³/mol. The van der Waals surface area contributed by atoms with Crippen molar-refractivity contribution in [3.8, 4) is 5.75 Å². The van der Waals surface area contributed by atoms with Crippen molar-refractivity contribution in [3.05, 3.63) is 29.3 Å². The van der Waals surface area contributed by atoms with Crippen LogP contribution in [0.3, 0.4) is 0 Å². The number of aliphatic hydroxyl groups is 1. The summed E-state index contributed by atoms with van der Waals surface area (Å²) in [5, 5.41) is 14.4. The Balaban J connectivity index is 1.87. The van der Waals surface area contributed by atoms with E-state index in [9.17, 15) is 5.11 Å². The van der Waals surface area contributed by atoms with Crippen LogP contribution in [0, 0.1) is 6.92 Å². The minimum Gasteiger partial charge on any atom is -0.496 e. The Morgan fingerprint density at radius 1 is 1.53 bits per heavy atom. The van der Waals surface area contributed by atoms with Crippen LogP contribution in [-0.2, 0) is 0 Å². The first kappa shape index (κ1) is 14.7. The maximum atomic E-state index is 10.3. The zero-order chi connectivity index (χ0) is 13.7. The second kappa shape index (κ2) is 7.17. The van der Waals surface area contributed by atoms with Crippen LogP contribution in [0.5, 0.6) is 5.75 Å². The molecule has 3 nitrogen and oxygen atoms in total. The van der Waals surface area contributed by atoms with Crippen LogP contribution >= 0.6 is 11.8 Å². The van der Waals surface area contributed by atoms with Gasteiger partial charge in [-0.15, -0.1) is 0 Å². The summed E-state index contributed by atoms with van der Waals surface area (Å²) in [5.74, 6) is 2.04. The van der Waals surface area contributed by atoms with Crippen molar-refractivity contribution in [3.63, 3.8) is 0 Å². The third-order valence-electron chi connectivity index (χ3n) is 3.48. The topological polar surface area (TPSA) is 41.5 Å². The summed E-state index contributed by atoms with van der Waals surface area (Å²) in [5.41, 5.74) is 2.01. The van der Waals surface area contributed by atoms with E-state index < -0.39 is 6.10 Å². The highest BCUT2D eigenvalue weighted by Gasteiger charge is 2.17. The smallest absolute Gasteiger partial charge is 0.124 e. The summed E-state index contributed by atoms with van der Waals surface area (Å²) in [6, 6.07) is 5.91. The molecule has 1 heterocycles. The number of aryl methyl sites for hydroxylation is 1. The Morgan fingerprint density at radius 2 is 2.37 bits per heavy atom. The Labute approximate surface area is 119 Å². The van der Waals surface area contributed by atoms with Gasteiger partial charge in [-0.05, 0) is 37.7 Å². The molecule has 1 aliphatic heterocycles. The first-order valence-corrected chi connectivity index (χ1v) is 7.90. The highest BCUT2D eigenvalue weighted by atomic mass is 32.2. The third-order valence-corrected chi connectivity index (χ3v) is 4.88. The summed E-state index contributed by atoms with van der Waals surface area (Å²) in [6.07, 6.45) is 2.11. The molecule has 106 valence electrons. The molecule has 0 radical (unpaired) electrons. The predicted octanol–water partition coefficient (Wildman–Crippen LogP) is 2.52. The van der Waals surface area contributed by atoms with Gasteiger partial charge in [-0.25, -0.2) is 0 Å². The van der Waals surface area contributed by atoms with Crippen molar-refractivity contribution in [2.75, 3.05) is 26.0 Å². The number of aliphatic hydroxyl groups excluding tert-OH is 1. The lowest BCUT2D eigenvalue weighted by Gasteiger charge is -2.17. The van der Waals surface area contributed by atoms with Crippen LogP contribution in [0.1, 0.15) is 30.1 Å². The van der Waals surface area contributed by atoms with Gasteiger partial charge >= 0.3 is 0 Å². The van der Waals surface area contributed by atoms with E-state index in [-0.39, 0.29) is 0 Å². The van der Waals surface area contributed by atoms with Crippen molar-refractivity contribution in [2.45, 2.75) is 31.1 Å². The van der Waals surface area contributed by atoms with E-state index in [0.29, 0.717) is 11.8 Å². The van der Waals surface area contributed by atoms with Crippen molar-refractivity contribution in [1.29, 1.82) is 0 Å². The lowest BCUT2D eigenvalue weighted by molar-refractivity contribution is 0.170. The van der Waals surface area contributed by atoms with E-state index >= 15 is 0 Å². The van der Waals surface area contributed by atoms with Gasteiger partial charge in [0.15, 0.2) is 0 Å². The molecular weight excluding hydrogens is 258 g/mol. The van der Waals surface area contributed by atoms with Gasteiger partial charge in [-0.2, -0.15) is 11.8 Å². The second-order valence-electron chi connectivity index (χ2n) is 5.05. The summed E-state index contributed by atoms with van der Waals surface area (Å²) in [7, 11) is 1.64. The molecule has 1 saturated heterocycles. The molecule has 1 aromatic rings. The standard InChI is InChI=1S/C15H23NO2S/c1-11-5-6-15(18-2)13(8-11)14(17)10-16-9-12-4-3-7-19-12/h5-6,8,12,14,16-17H,3-4,7,9-10H2,1-2H3. The minimum atomic E-state index is -0.513. The van der Waals surface area contributed by atoms with E-state index in [0.717, 1.165) is 23.4 Å². The van der Waals surface area contributed by atoms with Crippen molar-refractivity contribution in [1.82, 2.24) is 5.32 Å². The average molecular weight is 281 g/mol. The van der Waals surface area contributed by atoms with Crippen LogP contribution < -0.4 is 10.1 Å². The number of rotatable bonds is 6. The normalized spacial score (nSPS) is 20.5. The molecule has 19 heavy (non-hydrogen) atoms. The van der Waals surface area contributed by atoms with Crippen molar-refractivity contribution < 1.29 is 9.84 Å². The molecule has 0 amide bonds. The average Bonchev–Trinajstić information content (AvgIpc) is 2.91.